The fraction of sp³-hybridized carbons (Fsp3) is 0.667. The van der Waals surface area contributed by atoms with Crippen LogP contribution in [-0.4, -0.2) is 36.5 Å². The quantitative estimate of drug-likeness (QED) is 0.630. The summed E-state index contributed by atoms with van der Waals surface area (Å²) >= 11 is 0. The van der Waals surface area contributed by atoms with E-state index in [1.165, 1.54) is 0 Å². The number of alkyl halides is 8. The van der Waals surface area contributed by atoms with Gasteiger partial charge in [0.05, 0.1) is 0 Å². The zero-order valence-corrected chi connectivity index (χ0v) is 9.35. The van der Waals surface area contributed by atoms with E-state index in [0.29, 0.717) is 0 Å². The van der Waals surface area contributed by atoms with Gasteiger partial charge in [0, 0.05) is 0 Å². The molecule has 0 aliphatic rings. The molecule has 0 heterocycles. The van der Waals surface area contributed by atoms with Gasteiger partial charge in [0.15, 0.2) is 5.83 Å². The molecule has 20 heavy (non-hydrogen) atoms. The highest BCUT2D eigenvalue weighted by molar-refractivity contribution is 7.87. The van der Waals surface area contributed by atoms with Crippen molar-refractivity contribution in [2.24, 2.45) is 0 Å². The van der Waals surface area contributed by atoms with Gasteiger partial charge < -0.3 is 0 Å². The van der Waals surface area contributed by atoms with Crippen LogP contribution in [0.4, 0.5) is 43.9 Å². The van der Waals surface area contributed by atoms with Crippen LogP contribution in [0, 0.1) is 0 Å². The first-order chi connectivity index (χ1) is 8.48. The minimum absolute atomic E-state index is 3.99. The topological polar surface area (TPSA) is 54.4 Å². The minimum atomic E-state index is -7.02. The van der Waals surface area contributed by atoms with Gasteiger partial charge in [-0.1, -0.05) is 0 Å². The molecule has 14 heteroatoms. The van der Waals surface area contributed by atoms with Crippen molar-refractivity contribution < 1.29 is 56.9 Å². The van der Waals surface area contributed by atoms with Gasteiger partial charge in [-0.2, -0.15) is 43.5 Å². The van der Waals surface area contributed by atoms with Crippen molar-refractivity contribution in [2.45, 2.75) is 23.5 Å². The molecule has 0 bridgehead atoms. The molecule has 0 aromatic carbocycles. The number of hydrogen-bond acceptors (Lipinski definition) is 2. The molecule has 0 aromatic heterocycles. The largest absolute Gasteiger partial charge is 0.445 e. The first-order valence-corrected chi connectivity index (χ1v) is 5.41. The maximum atomic E-state index is 12.6. The average molecular weight is 344 g/mol. The Morgan fingerprint density at radius 2 is 1.30 bits per heavy atom. The van der Waals surface area contributed by atoms with E-state index in [0.717, 1.165) is 0 Å². The lowest BCUT2D eigenvalue weighted by atomic mass is 10.1. The molecule has 0 rings (SSSR count). The fourth-order valence-electron chi connectivity index (χ4n) is 0.725. The number of rotatable bonds is 4. The Labute approximate surface area is 103 Å². The third-order valence-electron chi connectivity index (χ3n) is 1.71. The number of allylic oxidation sites excluding steroid dienone is 2. The third-order valence-corrected chi connectivity index (χ3v) is 2.63. The summed E-state index contributed by atoms with van der Waals surface area (Å²) in [6.45, 7) is 0. The third kappa shape index (κ3) is 3.16. The highest BCUT2D eigenvalue weighted by atomic mass is 32.2. The molecule has 3 nitrogen and oxygen atoms in total. The molecule has 0 saturated heterocycles. The Hall–Kier alpha value is -1.05. The summed E-state index contributed by atoms with van der Waals surface area (Å²) in [4.78, 5) is 0. The Kier molecular flexibility index (Phi) is 4.79. The SMILES string of the molecule is O=S(=O)(O)C(F)(F)C(F)(F)C(F)/C(F)=C(\F)C(F)(F)F. The van der Waals surface area contributed by atoms with Gasteiger partial charge in [0.25, 0.3) is 0 Å². The normalized spacial score (nSPS) is 17.8. The van der Waals surface area contributed by atoms with E-state index in [1.807, 2.05) is 0 Å². The van der Waals surface area contributed by atoms with Crippen LogP contribution in [0.5, 0.6) is 0 Å². The summed E-state index contributed by atoms with van der Waals surface area (Å²) < 4.78 is 149. The summed E-state index contributed by atoms with van der Waals surface area (Å²) in [6, 6.07) is 0. The van der Waals surface area contributed by atoms with Gasteiger partial charge in [-0.3, -0.25) is 4.55 Å². The Bertz CT molecular complexity index is 504. The zero-order chi connectivity index (χ0) is 16.7. The van der Waals surface area contributed by atoms with Gasteiger partial charge in [-0.15, -0.1) is 0 Å². The molecule has 0 aromatic rings. The van der Waals surface area contributed by atoms with Crippen LogP contribution >= 0.6 is 0 Å². The lowest BCUT2D eigenvalue weighted by Gasteiger charge is -2.26. The molecule has 0 radical (unpaired) electrons. The summed E-state index contributed by atoms with van der Waals surface area (Å²) in [6.07, 6.45) is -11.6. The Balaban J connectivity index is 5.90. The first-order valence-electron chi connectivity index (χ1n) is 3.97. The van der Waals surface area contributed by atoms with Crippen LogP contribution in [0.15, 0.2) is 11.7 Å². The number of hydrogen-bond donors (Lipinski definition) is 1. The average Bonchev–Trinajstić information content (AvgIpc) is 2.22. The molecule has 0 fully saturated rings. The van der Waals surface area contributed by atoms with E-state index in [-0.39, 0.29) is 0 Å². The van der Waals surface area contributed by atoms with Gasteiger partial charge in [0.1, 0.15) is 0 Å². The second-order valence-corrected chi connectivity index (χ2v) is 4.60. The molecule has 0 spiro atoms. The Morgan fingerprint density at radius 3 is 1.55 bits per heavy atom. The van der Waals surface area contributed by atoms with E-state index in [2.05, 4.69) is 0 Å². The van der Waals surface area contributed by atoms with Crippen molar-refractivity contribution in [1.29, 1.82) is 0 Å². The number of halogens is 10. The van der Waals surface area contributed by atoms with Crippen molar-refractivity contribution >= 4 is 10.1 Å². The maximum Gasteiger partial charge on any atom is 0.445 e. The van der Waals surface area contributed by atoms with E-state index in [1.54, 1.807) is 0 Å². The molecule has 0 amide bonds. The molecule has 0 saturated carbocycles. The van der Waals surface area contributed by atoms with Crippen LogP contribution in [-0.2, 0) is 10.1 Å². The van der Waals surface area contributed by atoms with E-state index in [9.17, 15) is 52.3 Å². The summed E-state index contributed by atoms with van der Waals surface area (Å²) in [5, 5.41) is -6.69. The van der Waals surface area contributed by atoms with Gasteiger partial charge in [-0.05, 0) is 0 Å². The maximum absolute atomic E-state index is 12.6. The highest BCUT2D eigenvalue weighted by Crippen LogP contribution is 2.46. The van der Waals surface area contributed by atoms with Gasteiger partial charge in [0.2, 0.25) is 12.0 Å². The predicted octanol–water partition coefficient (Wildman–Crippen LogP) is 3.15. The van der Waals surface area contributed by atoms with Crippen molar-refractivity contribution in [3.05, 3.63) is 11.7 Å². The van der Waals surface area contributed by atoms with Crippen LogP contribution in [0.2, 0.25) is 0 Å². The standard InChI is InChI=1S/C6H2F10O3S/c7-1(3(9)5(12,13)14)2(8)4(10,11)6(15,16)20(17,18)19/h2H,(H,17,18,19)/b3-1+. The summed E-state index contributed by atoms with van der Waals surface area (Å²) in [7, 11) is -7.02. The van der Waals surface area contributed by atoms with Crippen LogP contribution in [0.25, 0.3) is 0 Å². The van der Waals surface area contributed by atoms with Crippen LogP contribution in [0.3, 0.4) is 0 Å². The first kappa shape index (κ1) is 18.9. The zero-order valence-electron chi connectivity index (χ0n) is 8.53. The molecule has 1 unspecified atom stereocenters. The molecule has 0 aliphatic heterocycles. The Morgan fingerprint density at radius 1 is 0.950 bits per heavy atom. The second-order valence-electron chi connectivity index (χ2n) is 3.14. The molecule has 120 valence electrons. The van der Waals surface area contributed by atoms with Crippen molar-refractivity contribution in [1.82, 2.24) is 0 Å². The predicted molar refractivity (Wildman–Crippen MR) is 41.6 cm³/mol. The lowest BCUT2D eigenvalue weighted by molar-refractivity contribution is -0.194. The van der Waals surface area contributed by atoms with Crippen LogP contribution < -0.4 is 0 Å². The molecular weight excluding hydrogens is 342 g/mol. The molecule has 1 N–H and O–H groups in total. The van der Waals surface area contributed by atoms with E-state index >= 15 is 0 Å². The van der Waals surface area contributed by atoms with E-state index in [4.69, 9.17) is 4.55 Å². The highest BCUT2D eigenvalue weighted by Gasteiger charge is 2.71. The summed E-state index contributed by atoms with van der Waals surface area (Å²) in [5.74, 6) is -14.8. The fourth-order valence-corrected chi connectivity index (χ4v) is 1.17. The lowest BCUT2D eigenvalue weighted by Crippen LogP contribution is -2.53. The minimum Gasteiger partial charge on any atom is -0.281 e. The molecule has 0 aliphatic carbocycles. The van der Waals surface area contributed by atoms with Crippen molar-refractivity contribution in [3.8, 4) is 0 Å². The van der Waals surface area contributed by atoms with Crippen molar-refractivity contribution in [2.75, 3.05) is 0 Å². The molecule has 1 atom stereocenters. The second kappa shape index (κ2) is 5.05. The van der Waals surface area contributed by atoms with Crippen LogP contribution in [0.1, 0.15) is 0 Å². The van der Waals surface area contributed by atoms with Gasteiger partial charge in [-0.25, -0.2) is 8.78 Å². The van der Waals surface area contributed by atoms with E-state index < -0.39 is 45.3 Å². The summed E-state index contributed by atoms with van der Waals surface area (Å²) in [5.41, 5.74) is 0. The van der Waals surface area contributed by atoms with Gasteiger partial charge >= 0.3 is 27.5 Å². The monoisotopic (exact) mass is 344 g/mol. The molecular formula is C6H2F10O3S. The van der Waals surface area contributed by atoms with Crippen molar-refractivity contribution in [3.63, 3.8) is 0 Å². The smallest absolute Gasteiger partial charge is 0.281 e.